The molecule has 11 heavy (non-hydrogen) atoms. The van der Waals surface area contributed by atoms with E-state index in [1.807, 2.05) is 11.9 Å². The van der Waals surface area contributed by atoms with Crippen LogP contribution in [-0.2, 0) is 9.32 Å². The molecule has 0 spiro atoms. The number of carbonyl (C=O) groups is 1. The fraction of sp³-hybridized carbons (Fsp3) is 0.286. The molecular weight excluding hydrogens is 163 g/mol. The average Bonchev–Trinajstić information content (AvgIpc) is 2.03. The van der Waals surface area contributed by atoms with Crippen molar-refractivity contribution in [1.29, 1.82) is 0 Å². The largest absolute Gasteiger partial charge is 0.481 e. The number of carboxylic acids is 1. The van der Waals surface area contributed by atoms with Crippen LogP contribution in [-0.4, -0.2) is 11.1 Å². The van der Waals surface area contributed by atoms with Crippen molar-refractivity contribution >= 4 is 14.8 Å². The standard InChI is InChI=1S/C7H9O3P/c8-7(9)4-3-6-2-1-5-11-10-6/h1-2,5,11H,3-4H2,(H,8,9). The van der Waals surface area contributed by atoms with Gasteiger partial charge in [-0.15, -0.1) is 0 Å². The number of hydrogen-bond acceptors (Lipinski definition) is 2. The number of hydrogen-bond donors (Lipinski definition) is 1. The van der Waals surface area contributed by atoms with Gasteiger partial charge in [0.15, 0.2) is 0 Å². The third-order valence-electron chi connectivity index (χ3n) is 1.22. The van der Waals surface area contributed by atoms with Crippen LogP contribution in [0.3, 0.4) is 0 Å². The smallest absolute Gasteiger partial charge is 0.303 e. The van der Waals surface area contributed by atoms with E-state index in [1.165, 1.54) is 0 Å². The van der Waals surface area contributed by atoms with E-state index in [0.29, 0.717) is 15.2 Å². The van der Waals surface area contributed by atoms with Crippen LogP contribution in [0.4, 0.5) is 0 Å². The summed E-state index contributed by atoms with van der Waals surface area (Å²) >= 11 is 0. The fourth-order valence-electron chi connectivity index (χ4n) is 0.703. The maximum Gasteiger partial charge on any atom is 0.303 e. The first kappa shape index (κ1) is 8.28. The van der Waals surface area contributed by atoms with Crippen molar-refractivity contribution in [2.45, 2.75) is 12.8 Å². The Morgan fingerprint density at radius 1 is 1.73 bits per heavy atom. The molecule has 0 radical (unpaired) electrons. The van der Waals surface area contributed by atoms with E-state index in [1.54, 1.807) is 6.08 Å². The zero-order valence-electron chi connectivity index (χ0n) is 5.91. The Kier molecular flexibility index (Phi) is 3.12. The van der Waals surface area contributed by atoms with Crippen molar-refractivity contribution in [3.63, 3.8) is 0 Å². The van der Waals surface area contributed by atoms with Crippen LogP contribution in [0.15, 0.2) is 23.7 Å². The van der Waals surface area contributed by atoms with Crippen LogP contribution >= 0.6 is 8.81 Å². The Hall–Kier alpha value is -0.820. The van der Waals surface area contributed by atoms with Gasteiger partial charge < -0.3 is 9.63 Å². The molecule has 4 heteroatoms. The summed E-state index contributed by atoms with van der Waals surface area (Å²) in [5.74, 6) is 1.89. The number of carboxylic acid groups (broad SMARTS) is 1. The fourth-order valence-corrected chi connectivity index (χ4v) is 1.27. The SMILES string of the molecule is O=C(O)CCC1=CC=CPO1. The highest BCUT2D eigenvalue weighted by molar-refractivity contribution is 7.36. The molecule has 1 aliphatic heterocycles. The van der Waals surface area contributed by atoms with Crippen molar-refractivity contribution in [2.24, 2.45) is 0 Å². The normalized spacial score (nSPS) is 17.6. The predicted molar refractivity (Wildman–Crippen MR) is 43.5 cm³/mol. The van der Waals surface area contributed by atoms with E-state index in [2.05, 4.69) is 0 Å². The Bertz CT molecular complexity index is 208. The van der Waals surface area contributed by atoms with Crippen LogP contribution in [0.25, 0.3) is 0 Å². The highest BCUT2D eigenvalue weighted by Crippen LogP contribution is 2.25. The second kappa shape index (κ2) is 4.14. The first-order valence-corrected chi connectivity index (χ1v) is 4.27. The summed E-state index contributed by atoms with van der Waals surface area (Å²) in [6, 6.07) is 0. The van der Waals surface area contributed by atoms with Crippen LogP contribution < -0.4 is 0 Å². The van der Waals surface area contributed by atoms with E-state index in [4.69, 9.17) is 9.63 Å². The molecule has 0 saturated carbocycles. The quantitative estimate of drug-likeness (QED) is 0.661. The third kappa shape index (κ3) is 3.19. The van der Waals surface area contributed by atoms with E-state index < -0.39 is 5.97 Å². The predicted octanol–water partition coefficient (Wildman–Crippen LogP) is 1.87. The Balaban J connectivity index is 2.31. The van der Waals surface area contributed by atoms with E-state index in [-0.39, 0.29) is 6.42 Å². The molecule has 0 aromatic heterocycles. The minimum atomic E-state index is -0.785. The maximum atomic E-state index is 10.1. The molecule has 1 atom stereocenters. The van der Waals surface area contributed by atoms with Crippen molar-refractivity contribution in [2.75, 3.05) is 0 Å². The Morgan fingerprint density at radius 2 is 2.55 bits per heavy atom. The number of allylic oxidation sites excluding steroid dienone is 3. The van der Waals surface area contributed by atoms with Crippen molar-refractivity contribution in [3.8, 4) is 0 Å². The molecule has 1 rings (SSSR count). The van der Waals surface area contributed by atoms with Gasteiger partial charge in [-0.3, -0.25) is 4.79 Å². The van der Waals surface area contributed by atoms with E-state index in [9.17, 15) is 4.79 Å². The van der Waals surface area contributed by atoms with Gasteiger partial charge in [-0.1, -0.05) is 6.08 Å². The molecule has 3 nitrogen and oxygen atoms in total. The second-order valence-corrected chi connectivity index (χ2v) is 2.88. The number of aliphatic carboxylic acids is 1. The van der Waals surface area contributed by atoms with Gasteiger partial charge in [0.1, 0.15) is 5.76 Å². The molecule has 0 bridgehead atoms. The summed E-state index contributed by atoms with van der Waals surface area (Å²) in [4.78, 5) is 10.1. The molecular formula is C7H9O3P. The zero-order valence-corrected chi connectivity index (χ0v) is 6.91. The van der Waals surface area contributed by atoms with Gasteiger partial charge >= 0.3 is 5.97 Å². The van der Waals surface area contributed by atoms with Crippen molar-refractivity contribution in [1.82, 2.24) is 0 Å². The van der Waals surface area contributed by atoms with Crippen LogP contribution in [0.5, 0.6) is 0 Å². The highest BCUT2D eigenvalue weighted by Gasteiger charge is 2.03. The van der Waals surface area contributed by atoms with Gasteiger partial charge in [0.25, 0.3) is 0 Å². The summed E-state index contributed by atoms with van der Waals surface area (Å²) in [7, 11) is 0.344. The molecule has 1 heterocycles. The molecule has 0 amide bonds. The van der Waals surface area contributed by atoms with Gasteiger partial charge in [0.05, 0.1) is 15.2 Å². The van der Waals surface area contributed by atoms with Gasteiger partial charge in [-0.05, 0) is 11.9 Å². The summed E-state index contributed by atoms with van der Waals surface area (Å²) in [6.45, 7) is 0. The van der Waals surface area contributed by atoms with Gasteiger partial charge in [-0.25, -0.2) is 0 Å². The Morgan fingerprint density at radius 3 is 3.09 bits per heavy atom. The topological polar surface area (TPSA) is 46.5 Å². The van der Waals surface area contributed by atoms with Crippen molar-refractivity contribution < 1.29 is 14.4 Å². The van der Waals surface area contributed by atoms with Gasteiger partial charge in [-0.2, -0.15) is 0 Å². The highest BCUT2D eigenvalue weighted by atomic mass is 31.1. The lowest BCUT2D eigenvalue weighted by Crippen LogP contribution is -1.96. The summed E-state index contributed by atoms with van der Waals surface area (Å²) in [5, 5.41) is 8.35. The average molecular weight is 172 g/mol. The molecule has 1 N–H and O–H groups in total. The minimum absolute atomic E-state index is 0.143. The lowest BCUT2D eigenvalue weighted by molar-refractivity contribution is -0.137. The van der Waals surface area contributed by atoms with E-state index in [0.717, 1.165) is 5.76 Å². The lowest BCUT2D eigenvalue weighted by atomic mass is 10.2. The van der Waals surface area contributed by atoms with E-state index >= 15 is 0 Å². The maximum absolute atomic E-state index is 10.1. The summed E-state index contributed by atoms with van der Waals surface area (Å²) in [6.07, 6.45) is 4.33. The lowest BCUT2D eigenvalue weighted by Gasteiger charge is -2.08. The summed E-state index contributed by atoms with van der Waals surface area (Å²) in [5.41, 5.74) is 0. The first-order chi connectivity index (χ1) is 5.29. The molecule has 0 aliphatic carbocycles. The van der Waals surface area contributed by atoms with Gasteiger partial charge in [0, 0.05) is 6.42 Å². The zero-order chi connectivity index (χ0) is 8.10. The number of rotatable bonds is 3. The molecule has 0 saturated heterocycles. The molecule has 0 aromatic carbocycles. The molecule has 0 aromatic rings. The van der Waals surface area contributed by atoms with Crippen LogP contribution in [0.1, 0.15) is 12.8 Å². The third-order valence-corrected chi connectivity index (χ3v) is 1.93. The summed E-state index contributed by atoms with van der Waals surface area (Å²) < 4.78 is 5.17. The first-order valence-electron chi connectivity index (χ1n) is 3.29. The van der Waals surface area contributed by atoms with Crippen LogP contribution in [0, 0.1) is 0 Å². The van der Waals surface area contributed by atoms with Crippen LogP contribution in [0.2, 0.25) is 0 Å². The second-order valence-electron chi connectivity index (χ2n) is 2.11. The molecule has 1 unspecified atom stereocenters. The van der Waals surface area contributed by atoms with Crippen molar-refractivity contribution in [3.05, 3.63) is 23.7 Å². The molecule has 1 aliphatic rings. The van der Waals surface area contributed by atoms with Gasteiger partial charge in [0.2, 0.25) is 0 Å². The molecule has 0 fully saturated rings. The minimum Gasteiger partial charge on any atom is -0.481 e. The molecule has 60 valence electrons. The monoisotopic (exact) mass is 172 g/mol. The Labute approximate surface area is 66.6 Å².